The molecule has 0 aliphatic heterocycles. The number of ether oxygens (including phenoxy) is 1. The zero-order valence-corrected chi connectivity index (χ0v) is 16.4. The van der Waals surface area contributed by atoms with Crippen LogP contribution >= 0.6 is 0 Å². The third-order valence-electron chi connectivity index (χ3n) is 6.81. The Labute approximate surface area is 165 Å². The maximum Gasteiger partial charge on any atom is 0.417 e. The van der Waals surface area contributed by atoms with Crippen LogP contribution in [0.15, 0.2) is 30.3 Å². The summed E-state index contributed by atoms with van der Waals surface area (Å²) in [5, 5.41) is 9.14. The molecule has 1 aromatic carbocycles. The fourth-order valence-electron chi connectivity index (χ4n) is 5.18. The van der Waals surface area contributed by atoms with Gasteiger partial charge in [0.05, 0.1) is 6.61 Å². The van der Waals surface area contributed by atoms with Crippen molar-refractivity contribution in [2.75, 3.05) is 19.7 Å². The van der Waals surface area contributed by atoms with E-state index in [-0.39, 0.29) is 17.3 Å². The van der Waals surface area contributed by atoms with Crippen LogP contribution < -0.4 is 11.2 Å². The summed E-state index contributed by atoms with van der Waals surface area (Å²) in [6, 6.07) is 10.2. The number of rotatable bonds is 7. The standard InChI is InChI=1S/C21H30N2O5/c1-20-9-7-16(15-5-3-2-4-6-15)13-21(20,28-19(26)18(24)25)10-8-17(20)14-23-27-12-11-22/h2-6,16-17,23H,7-14,22H2,1H3,(H,24,25)/t16-,17+,20+,21-/m0/s1. The summed E-state index contributed by atoms with van der Waals surface area (Å²) < 4.78 is 5.75. The Morgan fingerprint density at radius 1 is 1.25 bits per heavy atom. The van der Waals surface area contributed by atoms with E-state index in [2.05, 4.69) is 24.5 Å². The minimum Gasteiger partial charge on any atom is -0.473 e. The summed E-state index contributed by atoms with van der Waals surface area (Å²) in [6.07, 6.45) is 4.00. The number of carbonyl (C=O) groups excluding carboxylic acids is 1. The number of fused-ring (bicyclic) bond motifs is 1. The highest BCUT2D eigenvalue weighted by Crippen LogP contribution is 2.62. The number of esters is 1. The minimum absolute atomic E-state index is 0.226. The zero-order chi connectivity index (χ0) is 20.2. The first-order chi connectivity index (χ1) is 13.4. The van der Waals surface area contributed by atoms with Crippen molar-refractivity contribution in [2.24, 2.45) is 17.1 Å². The molecular weight excluding hydrogens is 360 g/mol. The largest absolute Gasteiger partial charge is 0.473 e. The molecule has 4 N–H and O–H groups in total. The van der Waals surface area contributed by atoms with Gasteiger partial charge in [-0.2, -0.15) is 0 Å². The zero-order valence-electron chi connectivity index (χ0n) is 16.4. The number of aliphatic carboxylic acids is 1. The van der Waals surface area contributed by atoms with Crippen molar-refractivity contribution in [2.45, 2.75) is 50.5 Å². The Morgan fingerprint density at radius 3 is 2.68 bits per heavy atom. The predicted molar refractivity (Wildman–Crippen MR) is 103 cm³/mol. The second kappa shape index (κ2) is 8.59. The highest BCUT2D eigenvalue weighted by molar-refractivity contribution is 6.28. The molecule has 2 aliphatic rings. The van der Waals surface area contributed by atoms with Crippen LogP contribution in [0.4, 0.5) is 0 Å². The smallest absolute Gasteiger partial charge is 0.417 e. The molecule has 2 fully saturated rings. The van der Waals surface area contributed by atoms with E-state index in [0.717, 1.165) is 19.3 Å². The third-order valence-corrected chi connectivity index (χ3v) is 6.81. The van der Waals surface area contributed by atoms with Gasteiger partial charge in [-0.05, 0) is 49.5 Å². The molecule has 7 heteroatoms. The van der Waals surface area contributed by atoms with E-state index in [1.165, 1.54) is 5.56 Å². The van der Waals surface area contributed by atoms with Gasteiger partial charge in [-0.15, -0.1) is 0 Å². The number of nitrogens with two attached hydrogens (primary N) is 1. The summed E-state index contributed by atoms with van der Waals surface area (Å²) >= 11 is 0. The lowest BCUT2D eigenvalue weighted by atomic mass is 9.59. The molecule has 0 saturated heterocycles. The van der Waals surface area contributed by atoms with Gasteiger partial charge < -0.3 is 20.4 Å². The molecule has 0 spiro atoms. The summed E-state index contributed by atoms with van der Waals surface area (Å²) in [6.45, 7) is 3.62. The van der Waals surface area contributed by atoms with Crippen LogP contribution in [-0.4, -0.2) is 42.3 Å². The van der Waals surface area contributed by atoms with E-state index >= 15 is 0 Å². The molecule has 28 heavy (non-hydrogen) atoms. The first-order valence-corrected chi connectivity index (χ1v) is 9.98. The molecule has 0 unspecified atom stereocenters. The first kappa shape index (κ1) is 20.8. The van der Waals surface area contributed by atoms with Gasteiger partial charge in [-0.1, -0.05) is 37.3 Å². The van der Waals surface area contributed by atoms with E-state index in [9.17, 15) is 9.59 Å². The maximum atomic E-state index is 12.1. The lowest BCUT2D eigenvalue weighted by molar-refractivity contribution is -0.192. The summed E-state index contributed by atoms with van der Waals surface area (Å²) in [4.78, 5) is 28.6. The molecule has 0 radical (unpaired) electrons. The lowest BCUT2D eigenvalue weighted by Gasteiger charge is -2.51. The van der Waals surface area contributed by atoms with Crippen molar-refractivity contribution >= 4 is 11.9 Å². The Hall–Kier alpha value is -1.96. The van der Waals surface area contributed by atoms with Crippen molar-refractivity contribution in [1.82, 2.24) is 5.48 Å². The SMILES string of the molecule is C[C@]12CC[C@H](c3ccccc3)C[C@@]1(OC(=O)C(=O)O)CC[C@@H]2CNOCCN. The number of hydrogen-bond acceptors (Lipinski definition) is 6. The van der Waals surface area contributed by atoms with Crippen LogP contribution in [0.25, 0.3) is 0 Å². The number of nitrogens with one attached hydrogen (secondary N) is 1. The fraction of sp³-hybridized carbons (Fsp3) is 0.619. The van der Waals surface area contributed by atoms with Crippen LogP contribution in [-0.2, 0) is 19.2 Å². The molecule has 4 atom stereocenters. The predicted octanol–water partition coefficient (Wildman–Crippen LogP) is 2.22. The number of carbonyl (C=O) groups is 2. The molecule has 2 aliphatic carbocycles. The molecule has 3 rings (SSSR count). The number of carboxylic acid groups (broad SMARTS) is 1. The molecular formula is C21H30N2O5. The van der Waals surface area contributed by atoms with Crippen LogP contribution in [0.1, 0.15) is 50.5 Å². The van der Waals surface area contributed by atoms with E-state index < -0.39 is 17.5 Å². The molecule has 2 saturated carbocycles. The second-order valence-corrected chi connectivity index (χ2v) is 8.18. The second-order valence-electron chi connectivity index (χ2n) is 8.18. The topological polar surface area (TPSA) is 111 Å². The van der Waals surface area contributed by atoms with Gasteiger partial charge in [-0.25, -0.2) is 15.1 Å². The van der Waals surface area contributed by atoms with Gasteiger partial charge in [-0.3, -0.25) is 0 Å². The van der Waals surface area contributed by atoms with E-state index in [1.807, 2.05) is 18.2 Å². The van der Waals surface area contributed by atoms with Crippen molar-refractivity contribution in [3.8, 4) is 0 Å². The highest BCUT2D eigenvalue weighted by atomic mass is 16.6. The molecule has 1 aromatic rings. The maximum absolute atomic E-state index is 12.1. The number of benzene rings is 1. The molecule has 154 valence electrons. The van der Waals surface area contributed by atoms with Gasteiger partial charge in [0.2, 0.25) is 0 Å². The van der Waals surface area contributed by atoms with Gasteiger partial charge in [0.15, 0.2) is 0 Å². The monoisotopic (exact) mass is 390 g/mol. The molecule has 0 heterocycles. The van der Waals surface area contributed by atoms with Crippen LogP contribution in [0.2, 0.25) is 0 Å². The summed E-state index contributed by atoms with van der Waals surface area (Å²) in [5.74, 6) is -2.22. The van der Waals surface area contributed by atoms with Crippen LogP contribution in [0.3, 0.4) is 0 Å². The summed E-state index contributed by atoms with van der Waals surface area (Å²) in [5.41, 5.74) is 8.57. The number of carboxylic acids is 1. The Kier molecular flexibility index (Phi) is 6.37. The Balaban J connectivity index is 1.83. The van der Waals surface area contributed by atoms with Crippen molar-refractivity contribution in [1.29, 1.82) is 0 Å². The fourth-order valence-corrected chi connectivity index (χ4v) is 5.18. The van der Waals surface area contributed by atoms with Gasteiger partial charge in [0.1, 0.15) is 5.60 Å². The van der Waals surface area contributed by atoms with Gasteiger partial charge in [0.25, 0.3) is 0 Å². The van der Waals surface area contributed by atoms with Gasteiger partial charge >= 0.3 is 11.9 Å². The van der Waals surface area contributed by atoms with E-state index in [0.29, 0.717) is 32.5 Å². The number of hydroxylamine groups is 1. The minimum atomic E-state index is -1.54. The molecule has 0 amide bonds. The van der Waals surface area contributed by atoms with Crippen molar-refractivity contribution < 1.29 is 24.3 Å². The lowest BCUT2D eigenvalue weighted by Crippen LogP contribution is -2.54. The van der Waals surface area contributed by atoms with Crippen molar-refractivity contribution in [3.05, 3.63) is 35.9 Å². The summed E-state index contributed by atoms with van der Waals surface area (Å²) in [7, 11) is 0. The average Bonchev–Trinajstić information content (AvgIpc) is 2.97. The molecule has 0 aromatic heterocycles. The van der Waals surface area contributed by atoms with E-state index in [1.54, 1.807) is 0 Å². The quantitative estimate of drug-likeness (QED) is 0.283. The third kappa shape index (κ3) is 3.92. The van der Waals surface area contributed by atoms with Crippen LogP contribution in [0.5, 0.6) is 0 Å². The Bertz CT molecular complexity index is 697. The molecule has 7 nitrogen and oxygen atoms in total. The normalized spacial score (nSPS) is 31.9. The first-order valence-electron chi connectivity index (χ1n) is 9.98. The van der Waals surface area contributed by atoms with Crippen LogP contribution in [0, 0.1) is 11.3 Å². The average molecular weight is 390 g/mol. The number of hydrogen-bond donors (Lipinski definition) is 3. The van der Waals surface area contributed by atoms with Crippen molar-refractivity contribution in [3.63, 3.8) is 0 Å². The van der Waals surface area contributed by atoms with Gasteiger partial charge in [0, 0.05) is 18.5 Å². The van der Waals surface area contributed by atoms with E-state index in [4.69, 9.17) is 20.4 Å². The molecule has 0 bridgehead atoms. The Morgan fingerprint density at radius 2 is 2.00 bits per heavy atom. The highest BCUT2D eigenvalue weighted by Gasteiger charge is 2.62.